The third-order valence-corrected chi connectivity index (χ3v) is 4.54. The van der Waals surface area contributed by atoms with E-state index in [9.17, 15) is 9.59 Å². The maximum Gasteiger partial charge on any atom is 0.337 e. The Balaban J connectivity index is 1.91. The number of nitrogens with one attached hydrogen (secondary N) is 2. The molecule has 0 bridgehead atoms. The van der Waals surface area contributed by atoms with Gasteiger partial charge in [0, 0.05) is 16.9 Å². The van der Waals surface area contributed by atoms with Crippen molar-refractivity contribution in [3.63, 3.8) is 0 Å². The lowest BCUT2D eigenvalue weighted by Crippen LogP contribution is -2.10. The smallest absolute Gasteiger partial charge is 0.337 e. The van der Waals surface area contributed by atoms with Gasteiger partial charge in [0.2, 0.25) is 0 Å². The van der Waals surface area contributed by atoms with Gasteiger partial charge in [0.15, 0.2) is 0 Å². The van der Waals surface area contributed by atoms with Gasteiger partial charge < -0.3 is 15.4 Å². The van der Waals surface area contributed by atoms with E-state index in [2.05, 4.69) is 10.6 Å². The number of amides is 1. The average Bonchev–Trinajstić information content (AvgIpc) is 3.07. The molecule has 0 saturated heterocycles. The van der Waals surface area contributed by atoms with E-state index in [1.54, 1.807) is 18.2 Å². The van der Waals surface area contributed by atoms with Crippen molar-refractivity contribution in [1.82, 2.24) is 0 Å². The summed E-state index contributed by atoms with van der Waals surface area (Å²) in [5.74, 6) is -0.668. The summed E-state index contributed by atoms with van der Waals surface area (Å²) < 4.78 is 4.82. The first kappa shape index (κ1) is 17.5. The molecule has 4 rings (SSSR count). The number of rotatable bonds is 4. The fourth-order valence-corrected chi connectivity index (χ4v) is 3.21. The number of methoxy groups -OCH3 is 1. The number of carbonyl (C=O) groups is 2. The number of fused-ring (bicyclic) bond motifs is 1. The standard InChI is InChI=1S/C23H18N2O3/c1-28-23(27)16-12-13-19-18(14-16)20(22(26)25-19)21(15-8-4-2-5-9-15)24-17-10-6-3-7-11-17/h2-14,24H,1H3,(H,25,26)/b21-20-. The molecule has 0 aliphatic carbocycles. The summed E-state index contributed by atoms with van der Waals surface area (Å²) in [5, 5.41) is 6.25. The molecule has 28 heavy (non-hydrogen) atoms. The van der Waals surface area contributed by atoms with Crippen LogP contribution in [-0.4, -0.2) is 19.0 Å². The highest BCUT2D eigenvalue weighted by Crippen LogP contribution is 2.38. The number of hydrogen-bond acceptors (Lipinski definition) is 4. The third kappa shape index (κ3) is 3.25. The second-order valence-electron chi connectivity index (χ2n) is 6.31. The Bertz CT molecular complexity index is 1070. The highest BCUT2D eigenvalue weighted by molar-refractivity contribution is 6.37. The molecule has 5 nitrogen and oxygen atoms in total. The molecule has 0 atom stereocenters. The summed E-state index contributed by atoms with van der Waals surface area (Å²) in [6, 6.07) is 24.3. The van der Waals surface area contributed by atoms with Crippen molar-refractivity contribution < 1.29 is 14.3 Å². The Hall–Kier alpha value is -3.86. The van der Waals surface area contributed by atoms with Crippen LogP contribution < -0.4 is 10.6 Å². The van der Waals surface area contributed by atoms with Crippen molar-refractivity contribution in [2.75, 3.05) is 17.7 Å². The summed E-state index contributed by atoms with van der Waals surface area (Å²) in [6.07, 6.45) is 0. The Morgan fingerprint density at radius 3 is 2.25 bits per heavy atom. The summed E-state index contributed by atoms with van der Waals surface area (Å²) in [6.45, 7) is 0. The Morgan fingerprint density at radius 1 is 0.893 bits per heavy atom. The quantitative estimate of drug-likeness (QED) is 0.527. The monoisotopic (exact) mass is 370 g/mol. The second-order valence-corrected chi connectivity index (χ2v) is 6.31. The molecular formula is C23H18N2O3. The molecule has 138 valence electrons. The van der Waals surface area contributed by atoms with Crippen LogP contribution in [0.5, 0.6) is 0 Å². The molecule has 3 aromatic rings. The highest BCUT2D eigenvalue weighted by Gasteiger charge is 2.29. The lowest BCUT2D eigenvalue weighted by molar-refractivity contribution is -0.110. The van der Waals surface area contributed by atoms with Crippen molar-refractivity contribution >= 4 is 34.5 Å². The number of carbonyl (C=O) groups excluding carboxylic acids is 2. The topological polar surface area (TPSA) is 67.4 Å². The Morgan fingerprint density at radius 2 is 1.57 bits per heavy atom. The molecule has 0 unspecified atom stereocenters. The summed E-state index contributed by atoms with van der Waals surface area (Å²) in [5.41, 5.74) is 4.60. The van der Waals surface area contributed by atoms with Gasteiger partial charge in [0.05, 0.1) is 23.9 Å². The molecule has 1 aliphatic rings. The zero-order valence-electron chi connectivity index (χ0n) is 15.2. The molecule has 1 heterocycles. The molecule has 2 N–H and O–H groups in total. The number of para-hydroxylation sites is 1. The SMILES string of the molecule is COC(=O)c1ccc2c(c1)/C(=C(/Nc1ccccc1)c1ccccc1)C(=O)N2. The van der Waals surface area contributed by atoms with Crippen molar-refractivity contribution in [2.45, 2.75) is 0 Å². The van der Waals surface area contributed by atoms with Crippen molar-refractivity contribution in [3.05, 3.63) is 95.6 Å². The first-order chi connectivity index (χ1) is 13.7. The number of ether oxygens (including phenoxy) is 1. The predicted octanol–water partition coefficient (Wildman–Crippen LogP) is 4.41. The van der Waals surface area contributed by atoms with Crippen molar-refractivity contribution in [1.29, 1.82) is 0 Å². The van der Waals surface area contributed by atoms with Crippen LogP contribution in [0.4, 0.5) is 11.4 Å². The minimum atomic E-state index is -0.446. The first-order valence-electron chi connectivity index (χ1n) is 8.83. The Kier molecular flexibility index (Phi) is 4.64. The molecule has 1 amide bonds. The van der Waals surface area contributed by atoms with Crippen LogP contribution in [0.3, 0.4) is 0 Å². The summed E-state index contributed by atoms with van der Waals surface area (Å²) >= 11 is 0. The zero-order chi connectivity index (χ0) is 19.5. The fraction of sp³-hybridized carbons (Fsp3) is 0.0435. The van der Waals surface area contributed by atoms with E-state index in [0.717, 1.165) is 11.3 Å². The van der Waals surface area contributed by atoms with E-state index in [1.807, 2.05) is 60.7 Å². The van der Waals surface area contributed by atoms with E-state index in [4.69, 9.17) is 4.74 Å². The van der Waals surface area contributed by atoms with Crippen LogP contribution in [0, 0.1) is 0 Å². The van der Waals surface area contributed by atoms with Crippen LogP contribution >= 0.6 is 0 Å². The number of hydrogen-bond donors (Lipinski definition) is 2. The molecular weight excluding hydrogens is 352 g/mol. The average molecular weight is 370 g/mol. The second kappa shape index (κ2) is 7.40. The van der Waals surface area contributed by atoms with Gasteiger partial charge in [-0.15, -0.1) is 0 Å². The van der Waals surface area contributed by atoms with Gasteiger partial charge in [-0.2, -0.15) is 0 Å². The minimum Gasteiger partial charge on any atom is -0.465 e. The molecule has 0 radical (unpaired) electrons. The molecule has 3 aromatic carbocycles. The third-order valence-electron chi connectivity index (χ3n) is 4.54. The van der Waals surface area contributed by atoms with Crippen LogP contribution in [0.2, 0.25) is 0 Å². The summed E-state index contributed by atoms with van der Waals surface area (Å²) in [4.78, 5) is 24.8. The molecule has 5 heteroatoms. The van der Waals surface area contributed by atoms with Crippen LogP contribution in [0.25, 0.3) is 11.3 Å². The van der Waals surface area contributed by atoms with E-state index in [1.165, 1.54) is 7.11 Å². The van der Waals surface area contributed by atoms with Gasteiger partial charge >= 0.3 is 5.97 Å². The van der Waals surface area contributed by atoms with Crippen molar-refractivity contribution in [3.8, 4) is 0 Å². The van der Waals surface area contributed by atoms with Crippen LogP contribution in [-0.2, 0) is 9.53 Å². The number of benzene rings is 3. The lowest BCUT2D eigenvalue weighted by atomic mass is 9.98. The zero-order valence-corrected chi connectivity index (χ0v) is 15.2. The number of esters is 1. The van der Waals surface area contributed by atoms with Gasteiger partial charge in [-0.1, -0.05) is 48.5 Å². The normalized spacial score (nSPS) is 14.1. The first-order valence-corrected chi connectivity index (χ1v) is 8.83. The van der Waals surface area contributed by atoms with E-state index < -0.39 is 5.97 Å². The maximum atomic E-state index is 12.9. The summed E-state index contributed by atoms with van der Waals surface area (Å²) in [7, 11) is 1.34. The van der Waals surface area contributed by atoms with Crippen LogP contribution in [0.15, 0.2) is 78.9 Å². The minimum absolute atomic E-state index is 0.223. The number of anilines is 2. The molecule has 0 fully saturated rings. The molecule has 0 spiro atoms. The van der Waals surface area contributed by atoms with E-state index in [0.29, 0.717) is 28.1 Å². The molecule has 1 aliphatic heterocycles. The van der Waals surface area contributed by atoms with E-state index in [-0.39, 0.29) is 5.91 Å². The van der Waals surface area contributed by atoms with Gasteiger partial charge in [0.1, 0.15) is 0 Å². The van der Waals surface area contributed by atoms with Crippen molar-refractivity contribution in [2.24, 2.45) is 0 Å². The molecule has 0 aromatic heterocycles. The predicted molar refractivity (Wildman–Crippen MR) is 110 cm³/mol. The Labute approximate surface area is 162 Å². The fourth-order valence-electron chi connectivity index (χ4n) is 3.21. The van der Waals surface area contributed by atoms with Gasteiger partial charge in [-0.25, -0.2) is 4.79 Å². The van der Waals surface area contributed by atoms with Gasteiger partial charge in [-0.3, -0.25) is 4.79 Å². The van der Waals surface area contributed by atoms with Crippen LogP contribution in [0.1, 0.15) is 21.5 Å². The maximum absolute atomic E-state index is 12.9. The highest BCUT2D eigenvalue weighted by atomic mass is 16.5. The molecule has 0 saturated carbocycles. The van der Waals surface area contributed by atoms with Gasteiger partial charge in [-0.05, 0) is 35.9 Å². The van der Waals surface area contributed by atoms with E-state index >= 15 is 0 Å². The van der Waals surface area contributed by atoms with Gasteiger partial charge in [0.25, 0.3) is 5.91 Å². The largest absolute Gasteiger partial charge is 0.465 e. The lowest BCUT2D eigenvalue weighted by Gasteiger charge is -2.15.